The highest BCUT2D eigenvalue weighted by Gasteiger charge is 2.27. The Balaban J connectivity index is 2.28. The monoisotopic (exact) mass is 291 g/mol. The first-order valence-corrected chi connectivity index (χ1v) is 5.97. The molecule has 0 radical (unpaired) electrons. The number of anilines is 1. The molecule has 7 heteroatoms. The highest BCUT2D eigenvalue weighted by atomic mass is 19.4. The average molecular weight is 291 g/mol. The van der Waals surface area contributed by atoms with Crippen molar-refractivity contribution in [2.24, 2.45) is 0 Å². The lowest BCUT2D eigenvalue weighted by atomic mass is 10.1. The number of rotatable bonds is 6. The number of ether oxygens (including phenoxy) is 2. The van der Waals surface area contributed by atoms with Crippen molar-refractivity contribution in [2.75, 3.05) is 25.6 Å². The van der Waals surface area contributed by atoms with Crippen LogP contribution in [0.15, 0.2) is 18.2 Å². The molecular formula is C13H16F3NO3. The number of nitrogens with two attached hydrogens (primary N) is 1. The molecule has 0 aliphatic heterocycles. The number of nitrogen functional groups attached to an aromatic ring is 1. The van der Waals surface area contributed by atoms with Crippen LogP contribution in [0.25, 0.3) is 0 Å². The van der Waals surface area contributed by atoms with Gasteiger partial charge in [-0.1, -0.05) is 6.07 Å². The van der Waals surface area contributed by atoms with Gasteiger partial charge in [0.1, 0.15) is 6.61 Å². The van der Waals surface area contributed by atoms with Gasteiger partial charge in [0.15, 0.2) is 0 Å². The number of esters is 1. The van der Waals surface area contributed by atoms with Crippen LogP contribution in [0.5, 0.6) is 0 Å². The minimum Gasteiger partial charge on any atom is -0.462 e. The van der Waals surface area contributed by atoms with E-state index in [1.54, 1.807) is 19.1 Å². The molecule has 20 heavy (non-hydrogen) atoms. The van der Waals surface area contributed by atoms with Crippen LogP contribution in [0.2, 0.25) is 0 Å². The Hall–Kier alpha value is -1.76. The smallest absolute Gasteiger partial charge is 0.411 e. The van der Waals surface area contributed by atoms with Crippen LogP contribution in [-0.4, -0.2) is 32.0 Å². The molecule has 0 unspecified atom stereocenters. The third-order valence-corrected chi connectivity index (χ3v) is 2.41. The minimum atomic E-state index is -4.34. The Morgan fingerprint density at radius 1 is 1.30 bits per heavy atom. The number of halogens is 3. The van der Waals surface area contributed by atoms with Gasteiger partial charge in [-0.3, -0.25) is 0 Å². The Kier molecular flexibility index (Phi) is 5.82. The fourth-order valence-corrected chi connectivity index (χ4v) is 1.45. The van der Waals surface area contributed by atoms with Crippen LogP contribution >= 0.6 is 0 Å². The van der Waals surface area contributed by atoms with E-state index in [1.165, 1.54) is 6.07 Å². The Morgan fingerprint density at radius 2 is 2.00 bits per heavy atom. The molecule has 1 rings (SSSR count). The van der Waals surface area contributed by atoms with Crippen LogP contribution in [0.1, 0.15) is 22.3 Å². The van der Waals surface area contributed by atoms with Crippen molar-refractivity contribution in [3.63, 3.8) is 0 Å². The third kappa shape index (κ3) is 5.92. The van der Waals surface area contributed by atoms with Crippen molar-refractivity contribution in [1.82, 2.24) is 0 Å². The van der Waals surface area contributed by atoms with Gasteiger partial charge in [-0.05, 0) is 24.6 Å². The van der Waals surface area contributed by atoms with Gasteiger partial charge in [0.2, 0.25) is 0 Å². The van der Waals surface area contributed by atoms with E-state index < -0.39 is 18.8 Å². The van der Waals surface area contributed by atoms with Crippen LogP contribution in [0.4, 0.5) is 18.9 Å². The van der Waals surface area contributed by atoms with Gasteiger partial charge in [0, 0.05) is 12.1 Å². The zero-order chi connectivity index (χ0) is 15.2. The molecule has 0 saturated heterocycles. The maximum Gasteiger partial charge on any atom is 0.411 e. The van der Waals surface area contributed by atoms with Crippen LogP contribution in [0, 0.1) is 6.92 Å². The Labute approximate surface area is 114 Å². The molecular weight excluding hydrogens is 275 g/mol. The van der Waals surface area contributed by atoms with Crippen molar-refractivity contribution >= 4 is 11.7 Å². The molecule has 0 bridgehead atoms. The fourth-order valence-electron chi connectivity index (χ4n) is 1.45. The van der Waals surface area contributed by atoms with E-state index in [0.29, 0.717) is 11.3 Å². The molecule has 1 aromatic carbocycles. The van der Waals surface area contributed by atoms with E-state index in [1.807, 2.05) is 0 Å². The highest BCUT2D eigenvalue weighted by Crippen LogP contribution is 2.15. The summed E-state index contributed by atoms with van der Waals surface area (Å²) in [7, 11) is 0. The molecule has 0 aromatic heterocycles. The average Bonchev–Trinajstić information content (AvgIpc) is 2.35. The first-order valence-electron chi connectivity index (χ1n) is 5.97. The Morgan fingerprint density at radius 3 is 2.65 bits per heavy atom. The zero-order valence-electron chi connectivity index (χ0n) is 11.0. The van der Waals surface area contributed by atoms with Crippen molar-refractivity contribution in [3.05, 3.63) is 29.3 Å². The minimum absolute atomic E-state index is 0.00900. The highest BCUT2D eigenvalue weighted by molar-refractivity contribution is 5.92. The molecule has 0 aliphatic carbocycles. The fraction of sp³-hybridized carbons (Fsp3) is 0.462. The normalized spacial score (nSPS) is 11.4. The largest absolute Gasteiger partial charge is 0.462 e. The summed E-state index contributed by atoms with van der Waals surface area (Å²) in [4.78, 5) is 11.7. The SMILES string of the molecule is Cc1ccc(N)cc1C(=O)OCCCOCC(F)(F)F. The maximum atomic E-state index is 11.8. The molecule has 0 spiro atoms. The van der Waals surface area contributed by atoms with Crippen molar-refractivity contribution in [1.29, 1.82) is 0 Å². The Bertz CT molecular complexity index is 461. The molecule has 0 heterocycles. The number of benzene rings is 1. The van der Waals surface area contributed by atoms with Crippen LogP contribution < -0.4 is 5.73 Å². The van der Waals surface area contributed by atoms with Gasteiger partial charge in [0.25, 0.3) is 0 Å². The number of carbonyl (C=O) groups is 1. The number of hydrogen-bond donors (Lipinski definition) is 1. The number of alkyl halides is 3. The van der Waals surface area contributed by atoms with Crippen molar-refractivity contribution in [2.45, 2.75) is 19.5 Å². The number of aryl methyl sites for hydroxylation is 1. The van der Waals surface area contributed by atoms with E-state index in [4.69, 9.17) is 10.5 Å². The lowest BCUT2D eigenvalue weighted by Crippen LogP contribution is -2.18. The van der Waals surface area contributed by atoms with E-state index in [2.05, 4.69) is 4.74 Å². The second-order valence-corrected chi connectivity index (χ2v) is 4.23. The summed E-state index contributed by atoms with van der Waals surface area (Å²) in [6, 6.07) is 4.85. The third-order valence-electron chi connectivity index (χ3n) is 2.41. The molecule has 0 saturated carbocycles. The molecule has 0 atom stereocenters. The zero-order valence-corrected chi connectivity index (χ0v) is 11.0. The van der Waals surface area contributed by atoms with Gasteiger partial charge in [0.05, 0.1) is 18.8 Å². The number of carbonyl (C=O) groups excluding carboxylic acids is 1. The molecule has 0 amide bonds. The summed E-state index contributed by atoms with van der Waals surface area (Å²) in [5.74, 6) is -0.550. The van der Waals surface area contributed by atoms with Gasteiger partial charge < -0.3 is 15.2 Å². The maximum absolute atomic E-state index is 11.8. The first-order chi connectivity index (χ1) is 9.29. The van der Waals surface area contributed by atoms with E-state index in [0.717, 1.165) is 5.56 Å². The second kappa shape index (κ2) is 7.14. The van der Waals surface area contributed by atoms with E-state index in [-0.39, 0.29) is 19.6 Å². The molecule has 0 aliphatic rings. The summed E-state index contributed by atoms with van der Waals surface area (Å²) in [6.07, 6.45) is -4.14. The molecule has 0 fully saturated rings. The van der Waals surface area contributed by atoms with Crippen LogP contribution in [-0.2, 0) is 9.47 Å². The van der Waals surface area contributed by atoms with Gasteiger partial charge in [-0.25, -0.2) is 4.79 Å². The molecule has 112 valence electrons. The van der Waals surface area contributed by atoms with E-state index >= 15 is 0 Å². The topological polar surface area (TPSA) is 61.6 Å². The predicted molar refractivity (Wildman–Crippen MR) is 67.4 cm³/mol. The lowest BCUT2D eigenvalue weighted by molar-refractivity contribution is -0.174. The standard InChI is InChI=1S/C13H16F3NO3/c1-9-3-4-10(17)7-11(9)12(18)20-6-2-5-19-8-13(14,15)16/h3-4,7H,2,5-6,8,17H2,1H3. The van der Waals surface area contributed by atoms with Gasteiger partial charge >= 0.3 is 12.1 Å². The van der Waals surface area contributed by atoms with Gasteiger partial charge in [-0.2, -0.15) is 13.2 Å². The summed E-state index contributed by atoms with van der Waals surface area (Å²) in [5, 5.41) is 0. The molecule has 1 aromatic rings. The number of hydrogen-bond acceptors (Lipinski definition) is 4. The summed E-state index contributed by atoms with van der Waals surface area (Å²) < 4.78 is 44.7. The van der Waals surface area contributed by atoms with Crippen molar-refractivity contribution < 1.29 is 27.4 Å². The predicted octanol–water partition coefficient (Wildman–Crippen LogP) is 2.70. The van der Waals surface area contributed by atoms with E-state index in [9.17, 15) is 18.0 Å². The summed E-state index contributed by atoms with van der Waals surface area (Å²) in [6.45, 7) is 0.311. The lowest BCUT2D eigenvalue weighted by Gasteiger charge is -2.09. The van der Waals surface area contributed by atoms with Gasteiger partial charge in [-0.15, -0.1) is 0 Å². The van der Waals surface area contributed by atoms with Crippen LogP contribution in [0.3, 0.4) is 0 Å². The molecule has 2 N–H and O–H groups in total. The molecule has 4 nitrogen and oxygen atoms in total. The summed E-state index contributed by atoms with van der Waals surface area (Å²) in [5.41, 5.74) is 7.08. The van der Waals surface area contributed by atoms with Crippen molar-refractivity contribution in [3.8, 4) is 0 Å². The second-order valence-electron chi connectivity index (χ2n) is 4.23. The summed E-state index contributed by atoms with van der Waals surface area (Å²) >= 11 is 0. The first kappa shape index (κ1) is 16.3. The quantitative estimate of drug-likeness (QED) is 0.497.